The van der Waals surface area contributed by atoms with Crippen LogP contribution in [0.3, 0.4) is 0 Å². The molecule has 0 radical (unpaired) electrons. The van der Waals surface area contributed by atoms with Gasteiger partial charge >= 0.3 is 0 Å². The average molecular weight is 224 g/mol. The first-order valence-electron chi connectivity index (χ1n) is 6.89. The van der Waals surface area contributed by atoms with Gasteiger partial charge in [-0.1, -0.05) is 13.8 Å². The number of hydrogen-bond donors (Lipinski definition) is 1. The summed E-state index contributed by atoms with van der Waals surface area (Å²) >= 11 is 0. The SMILES string of the molecule is CC(C)CCN1CC2(CC2)CNCC1(C)C. The van der Waals surface area contributed by atoms with Gasteiger partial charge in [-0.15, -0.1) is 0 Å². The largest absolute Gasteiger partial charge is 0.314 e. The molecule has 0 aromatic carbocycles. The number of hydrogen-bond acceptors (Lipinski definition) is 2. The van der Waals surface area contributed by atoms with E-state index in [1.807, 2.05) is 0 Å². The molecule has 0 unspecified atom stereocenters. The van der Waals surface area contributed by atoms with Crippen LogP contribution in [-0.4, -0.2) is 36.6 Å². The third kappa shape index (κ3) is 2.78. The topological polar surface area (TPSA) is 15.3 Å². The van der Waals surface area contributed by atoms with E-state index in [2.05, 4.69) is 37.9 Å². The minimum Gasteiger partial charge on any atom is -0.314 e. The summed E-state index contributed by atoms with van der Waals surface area (Å²) < 4.78 is 0. The van der Waals surface area contributed by atoms with Gasteiger partial charge in [0.1, 0.15) is 0 Å². The van der Waals surface area contributed by atoms with Crippen molar-refractivity contribution in [2.24, 2.45) is 11.3 Å². The minimum atomic E-state index is 0.334. The lowest BCUT2D eigenvalue weighted by molar-refractivity contribution is 0.109. The highest BCUT2D eigenvalue weighted by Gasteiger charge is 2.47. The highest BCUT2D eigenvalue weighted by atomic mass is 15.2. The maximum Gasteiger partial charge on any atom is 0.0277 e. The normalized spacial score (nSPS) is 28.3. The third-order valence-electron chi connectivity index (χ3n) is 4.37. The molecule has 2 heteroatoms. The highest BCUT2D eigenvalue weighted by molar-refractivity contribution is 5.02. The molecule has 1 saturated carbocycles. The second-order valence-corrected chi connectivity index (χ2v) is 7.02. The Labute approximate surface area is 101 Å². The maximum absolute atomic E-state index is 3.67. The molecule has 1 N–H and O–H groups in total. The summed E-state index contributed by atoms with van der Waals surface area (Å²) in [7, 11) is 0. The molecule has 2 rings (SSSR count). The van der Waals surface area contributed by atoms with Crippen molar-refractivity contribution < 1.29 is 0 Å². The molecule has 2 aliphatic rings. The van der Waals surface area contributed by atoms with Crippen LogP contribution in [0.25, 0.3) is 0 Å². The van der Waals surface area contributed by atoms with E-state index >= 15 is 0 Å². The zero-order valence-corrected chi connectivity index (χ0v) is 11.5. The number of nitrogens with zero attached hydrogens (tertiary/aromatic N) is 1. The van der Waals surface area contributed by atoms with Crippen molar-refractivity contribution in [1.29, 1.82) is 0 Å². The van der Waals surface area contributed by atoms with Gasteiger partial charge in [-0.25, -0.2) is 0 Å². The lowest BCUT2D eigenvalue weighted by Gasteiger charge is -2.38. The maximum atomic E-state index is 3.67. The fourth-order valence-corrected chi connectivity index (χ4v) is 2.73. The Morgan fingerprint density at radius 2 is 1.88 bits per heavy atom. The lowest BCUT2D eigenvalue weighted by Crippen LogP contribution is -2.49. The fourth-order valence-electron chi connectivity index (χ4n) is 2.73. The number of rotatable bonds is 3. The molecule has 94 valence electrons. The second kappa shape index (κ2) is 4.30. The molecule has 16 heavy (non-hydrogen) atoms. The van der Waals surface area contributed by atoms with Crippen molar-refractivity contribution >= 4 is 0 Å². The minimum absolute atomic E-state index is 0.334. The van der Waals surface area contributed by atoms with Crippen molar-refractivity contribution in [3.05, 3.63) is 0 Å². The van der Waals surface area contributed by atoms with E-state index in [4.69, 9.17) is 0 Å². The fraction of sp³-hybridized carbons (Fsp3) is 1.00. The summed E-state index contributed by atoms with van der Waals surface area (Å²) in [4.78, 5) is 2.74. The molecule has 1 spiro atoms. The van der Waals surface area contributed by atoms with E-state index in [-0.39, 0.29) is 0 Å². The van der Waals surface area contributed by atoms with Crippen LogP contribution in [0.1, 0.15) is 47.0 Å². The van der Waals surface area contributed by atoms with Crippen LogP contribution >= 0.6 is 0 Å². The smallest absolute Gasteiger partial charge is 0.0277 e. The van der Waals surface area contributed by atoms with Crippen molar-refractivity contribution in [2.45, 2.75) is 52.5 Å². The van der Waals surface area contributed by atoms with Crippen molar-refractivity contribution in [3.63, 3.8) is 0 Å². The first kappa shape index (κ1) is 12.4. The van der Waals surface area contributed by atoms with Crippen molar-refractivity contribution in [3.8, 4) is 0 Å². The predicted octanol–water partition coefficient (Wildman–Crippen LogP) is 2.50. The Morgan fingerprint density at radius 3 is 2.44 bits per heavy atom. The van der Waals surface area contributed by atoms with Gasteiger partial charge in [-0.2, -0.15) is 0 Å². The van der Waals surface area contributed by atoms with Crippen LogP contribution in [0.4, 0.5) is 0 Å². The summed E-state index contributed by atoms with van der Waals surface area (Å²) in [5, 5.41) is 3.67. The summed E-state index contributed by atoms with van der Waals surface area (Å²) in [5.41, 5.74) is 0.978. The van der Waals surface area contributed by atoms with E-state index in [0.717, 1.165) is 12.5 Å². The van der Waals surface area contributed by atoms with Crippen LogP contribution in [0.2, 0.25) is 0 Å². The summed E-state index contributed by atoms with van der Waals surface area (Å²) in [6, 6.07) is 0. The lowest BCUT2D eigenvalue weighted by atomic mass is 9.99. The molecule has 0 bridgehead atoms. The first-order chi connectivity index (χ1) is 7.44. The summed E-state index contributed by atoms with van der Waals surface area (Å²) in [6.45, 7) is 14.4. The molecular formula is C14H28N2. The molecule has 2 fully saturated rings. The molecule has 1 saturated heterocycles. The molecule has 2 nitrogen and oxygen atoms in total. The second-order valence-electron chi connectivity index (χ2n) is 7.02. The first-order valence-corrected chi connectivity index (χ1v) is 6.89. The predicted molar refractivity (Wildman–Crippen MR) is 69.6 cm³/mol. The Balaban J connectivity index is 1.98. The van der Waals surface area contributed by atoms with Crippen LogP contribution in [0.5, 0.6) is 0 Å². The van der Waals surface area contributed by atoms with Gasteiger partial charge in [-0.3, -0.25) is 4.90 Å². The summed E-state index contributed by atoms with van der Waals surface area (Å²) in [5.74, 6) is 0.821. The Hall–Kier alpha value is -0.0800. The van der Waals surface area contributed by atoms with Crippen LogP contribution in [0.15, 0.2) is 0 Å². The molecule has 1 heterocycles. The van der Waals surface area contributed by atoms with E-state index in [9.17, 15) is 0 Å². The molecule has 0 aromatic heterocycles. The molecule has 0 amide bonds. The van der Waals surface area contributed by atoms with E-state index < -0.39 is 0 Å². The van der Waals surface area contributed by atoms with Gasteiger partial charge < -0.3 is 5.32 Å². The van der Waals surface area contributed by atoms with Gasteiger partial charge in [0, 0.05) is 25.2 Å². The number of nitrogens with one attached hydrogen (secondary N) is 1. The van der Waals surface area contributed by atoms with Gasteiger partial charge in [-0.05, 0) is 51.0 Å². The third-order valence-corrected chi connectivity index (χ3v) is 4.37. The zero-order chi connectivity index (χ0) is 11.8. The van der Waals surface area contributed by atoms with E-state index in [1.54, 1.807) is 0 Å². The Bertz CT molecular complexity index is 241. The van der Waals surface area contributed by atoms with Crippen LogP contribution in [0, 0.1) is 11.3 Å². The van der Waals surface area contributed by atoms with E-state index in [1.165, 1.54) is 38.9 Å². The van der Waals surface area contributed by atoms with Crippen LogP contribution < -0.4 is 5.32 Å². The average Bonchev–Trinajstić information content (AvgIpc) is 2.93. The van der Waals surface area contributed by atoms with Crippen molar-refractivity contribution in [2.75, 3.05) is 26.2 Å². The molecular weight excluding hydrogens is 196 g/mol. The standard InChI is InChI=1S/C14H28N2/c1-12(2)5-8-16-11-14(6-7-14)10-15-9-13(16,3)4/h12,15H,5-11H2,1-4H3. The van der Waals surface area contributed by atoms with Crippen molar-refractivity contribution in [1.82, 2.24) is 10.2 Å². The summed E-state index contributed by atoms with van der Waals surface area (Å²) in [6.07, 6.45) is 4.21. The zero-order valence-electron chi connectivity index (χ0n) is 11.5. The molecule has 1 aliphatic heterocycles. The monoisotopic (exact) mass is 224 g/mol. The molecule has 0 atom stereocenters. The highest BCUT2D eigenvalue weighted by Crippen LogP contribution is 2.47. The van der Waals surface area contributed by atoms with Crippen LogP contribution in [-0.2, 0) is 0 Å². The Kier molecular flexibility index (Phi) is 3.33. The van der Waals surface area contributed by atoms with Gasteiger partial charge in [0.15, 0.2) is 0 Å². The van der Waals surface area contributed by atoms with Gasteiger partial charge in [0.25, 0.3) is 0 Å². The van der Waals surface area contributed by atoms with Gasteiger partial charge in [0.2, 0.25) is 0 Å². The van der Waals surface area contributed by atoms with Gasteiger partial charge in [0.05, 0.1) is 0 Å². The molecule has 0 aromatic rings. The van der Waals surface area contributed by atoms with E-state index in [0.29, 0.717) is 11.0 Å². The Morgan fingerprint density at radius 1 is 1.19 bits per heavy atom. The molecule has 1 aliphatic carbocycles. The quantitative estimate of drug-likeness (QED) is 0.792.